The van der Waals surface area contributed by atoms with Crippen LogP contribution in [0.25, 0.3) is 0 Å². The first-order valence-corrected chi connectivity index (χ1v) is 8.43. The fourth-order valence-corrected chi connectivity index (χ4v) is 3.75. The van der Waals surface area contributed by atoms with Crippen LogP contribution in [-0.2, 0) is 6.18 Å². The summed E-state index contributed by atoms with van der Waals surface area (Å²) in [4.78, 5) is 14.1. The number of piperidine rings is 1. The van der Waals surface area contributed by atoms with Crippen molar-refractivity contribution in [1.29, 1.82) is 0 Å². The predicted molar refractivity (Wildman–Crippen MR) is 84.0 cm³/mol. The van der Waals surface area contributed by atoms with E-state index in [4.69, 9.17) is 0 Å². The summed E-state index contributed by atoms with van der Waals surface area (Å²) in [5, 5.41) is 9.78. The number of hydrogen-bond acceptors (Lipinski definition) is 4. The Morgan fingerprint density at radius 3 is 2.71 bits per heavy atom. The number of benzene rings is 1. The van der Waals surface area contributed by atoms with Gasteiger partial charge in [0.15, 0.2) is 0 Å². The van der Waals surface area contributed by atoms with Gasteiger partial charge in [-0.05, 0) is 31.9 Å². The highest BCUT2D eigenvalue weighted by atomic mass is 32.1. The fraction of sp³-hybridized carbons (Fsp3) is 0.438. The lowest BCUT2D eigenvalue weighted by molar-refractivity contribution is -0.138. The molecule has 3 rings (SSSR count). The highest BCUT2D eigenvalue weighted by Gasteiger charge is 2.37. The SMILES string of the molecule is Cc1nnc([C@H]2CCCN(C(=O)c3ccccc3C(F)(F)F)C2)s1. The number of hydrogen-bond donors (Lipinski definition) is 0. The number of halogens is 3. The molecule has 0 aliphatic carbocycles. The third-order valence-electron chi connectivity index (χ3n) is 4.06. The van der Waals surface area contributed by atoms with E-state index in [9.17, 15) is 18.0 Å². The number of amides is 1. The second-order valence-corrected chi connectivity index (χ2v) is 7.01. The van der Waals surface area contributed by atoms with Crippen LogP contribution in [0.5, 0.6) is 0 Å². The number of nitrogens with zero attached hydrogens (tertiary/aromatic N) is 3. The summed E-state index contributed by atoms with van der Waals surface area (Å²) in [6.45, 7) is 2.69. The number of rotatable bonds is 2. The maximum Gasteiger partial charge on any atom is 0.417 e. The molecule has 128 valence electrons. The highest BCUT2D eigenvalue weighted by Crippen LogP contribution is 2.34. The second-order valence-electron chi connectivity index (χ2n) is 5.79. The zero-order valence-corrected chi connectivity index (χ0v) is 13.8. The summed E-state index contributed by atoms with van der Waals surface area (Å²) in [6, 6.07) is 4.94. The molecule has 1 aromatic heterocycles. The zero-order chi connectivity index (χ0) is 17.3. The average Bonchev–Trinajstić information content (AvgIpc) is 3.00. The molecule has 1 aromatic carbocycles. The molecule has 1 fully saturated rings. The molecular weight excluding hydrogens is 339 g/mol. The van der Waals surface area contributed by atoms with Crippen molar-refractivity contribution in [3.8, 4) is 0 Å². The Bertz CT molecular complexity index is 744. The lowest BCUT2D eigenvalue weighted by atomic mass is 9.97. The van der Waals surface area contributed by atoms with Crippen molar-refractivity contribution in [1.82, 2.24) is 15.1 Å². The maximum atomic E-state index is 13.1. The van der Waals surface area contributed by atoms with Gasteiger partial charge in [0.2, 0.25) is 0 Å². The molecule has 0 bridgehead atoms. The molecule has 4 nitrogen and oxygen atoms in total. The predicted octanol–water partition coefficient (Wildman–Crippen LogP) is 3.89. The van der Waals surface area contributed by atoms with E-state index in [0.717, 1.165) is 28.9 Å². The quantitative estimate of drug-likeness (QED) is 0.821. The fourth-order valence-electron chi connectivity index (χ4n) is 2.93. The zero-order valence-electron chi connectivity index (χ0n) is 13.0. The van der Waals surface area contributed by atoms with E-state index in [1.165, 1.54) is 34.4 Å². The molecule has 1 amide bonds. The van der Waals surface area contributed by atoms with E-state index < -0.39 is 17.6 Å². The monoisotopic (exact) mass is 355 g/mol. The molecule has 2 heterocycles. The van der Waals surface area contributed by atoms with Crippen LogP contribution in [0, 0.1) is 6.92 Å². The van der Waals surface area contributed by atoms with E-state index in [-0.39, 0.29) is 11.5 Å². The van der Waals surface area contributed by atoms with Crippen molar-refractivity contribution >= 4 is 17.2 Å². The van der Waals surface area contributed by atoms with Gasteiger partial charge in [-0.25, -0.2) is 0 Å². The van der Waals surface area contributed by atoms with Crippen LogP contribution in [0.15, 0.2) is 24.3 Å². The van der Waals surface area contributed by atoms with Gasteiger partial charge in [-0.1, -0.05) is 12.1 Å². The van der Waals surface area contributed by atoms with Gasteiger partial charge < -0.3 is 4.90 Å². The Hall–Kier alpha value is -1.96. The summed E-state index contributed by atoms with van der Waals surface area (Å²) in [5.41, 5.74) is -1.18. The number of aromatic nitrogens is 2. The van der Waals surface area contributed by atoms with E-state index >= 15 is 0 Å². The number of alkyl halides is 3. The molecule has 0 radical (unpaired) electrons. The van der Waals surface area contributed by atoms with Gasteiger partial charge in [-0.2, -0.15) is 13.2 Å². The van der Waals surface area contributed by atoms with Crippen LogP contribution < -0.4 is 0 Å². The van der Waals surface area contributed by atoms with Crippen LogP contribution in [0.2, 0.25) is 0 Å². The van der Waals surface area contributed by atoms with Crippen molar-refractivity contribution < 1.29 is 18.0 Å². The minimum atomic E-state index is -4.54. The topological polar surface area (TPSA) is 46.1 Å². The number of carbonyl (C=O) groups is 1. The minimum Gasteiger partial charge on any atom is -0.338 e. The number of aryl methyl sites for hydroxylation is 1. The van der Waals surface area contributed by atoms with Gasteiger partial charge >= 0.3 is 6.18 Å². The van der Waals surface area contributed by atoms with Crippen molar-refractivity contribution in [3.05, 3.63) is 45.4 Å². The number of likely N-dealkylation sites (tertiary alicyclic amines) is 1. The maximum absolute atomic E-state index is 13.1. The molecule has 2 aromatic rings. The lowest BCUT2D eigenvalue weighted by Gasteiger charge is -2.32. The Morgan fingerprint density at radius 1 is 1.29 bits per heavy atom. The highest BCUT2D eigenvalue weighted by molar-refractivity contribution is 7.11. The van der Waals surface area contributed by atoms with Crippen LogP contribution in [0.4, 0.5) is 13.2 Å². The Balaban J connectivity index is 1.83. The molecule has 0 unspecified atom stereocenters. The van der Waals surface area contributed by atoms with Crippen molar-refractivity contribution in [2.75, 3.05) is 13.1 Å². The van der Waals surface area contributed by atoms with Crippen LogP contribution in [0.3, 0.4) is 0 Å². The Morgan fingerprint density at radius 2 is 2.04 bits per heavy atom. The normalized spacial score (nSPS) is 18.7. The number of carbonyl (C=O) groups excluding carboxylic acids is 1. The Labute approximate surface area is 141 Å². The molecule has 1 aliphatic heterocycles. The van der Waals surface area contributed by atoms with Gasteiger partial charge in [-0.15, -0.1) is 21.5 Å². The molecule has 0 saturated carbocycles. The van der Waals surface area contributed by atoms with Crippen molar-refractivity contribution in [2.45, 2.75) is 31.9 Å². The first-order valence-electron chi connectivity index (χ1n) is 7.62. The molecule has 1 atom stereocenters. The van der Waals surface area contributed by atoms with Crippen molar-refractivity contribution in [2.24, 2.45) is 0 Å². The van der Waals surface area contributed by atoms with Gasteiger partial charge in [0, 0.05) is 19.0 Å². The smallest absolute Gasteiger partial charge is 0.338 e. The molecular formula is C16H16F3N3OS. The lowest BCUT2D eigenvalue weighted by Crippen LogP contribution is -2.39. The summed E-state index contributed by atoms with van der Waals surface area (Å²) < 4.78 is 39.4. The van der Waals surface area contributed by atoms with Crippen LogP contribution in [-0.4, -0.2) is 34.1 Å². The van der Waals surface area contributed by atoms with Crippen molar-refractivity contribution in [3.63, 3.8) is 0 Å². The Kier molecular flexibility index (Phi) is 4.58. The van der Waals surface area contributed by atoms with Gasteiger partial charge in [0.25, 0.3) is 5.91 Å². The average molecular weight is 355 g/mol. The third kappa shape index (κ3) is 3.43. The molecule has 0 spiro atoms. The second kappa shape index (κ2) is 6.51. The van der Waals surface area contributed by atoms with Gasteiger partial charge in [0.05, 0.1) is 11.1 Å². The largest absolute Gasteiger partial charge is 0.417 e. The minimum absolute atomic E-state index is 0.0342. The third-order valence-corrected chi connectivity index (χ3v) is 5.06. The summed E-state index contributed by atoms with van der Waals surface area (Å²) >= 11 is 1.47. The summed E-state index contributed by atoms with van der Waals surface area (Å²) in [6.07, 6.45) is -2.94. The van der Waals surface area contributed by atoms with E-state index in [0.29, 0.717) is 13.1 Å². The van der Waals surface area contributed by atoms with Gasteiger partial charge in [0.1, 0.15) is 10.0 Å². The van der Waals surface area contributed by atoms with E-state index in [1.54, 1.807) is 0 Å². The summed E-state index contributed by atoms with van der Waals surface area (Å²) in [7, 11) is 0. The molecule has 8 heteroatoms. The van der Waals surface area contributed by atoms with E-state index in [1.807, 2.05) is 6.92 Å². The van der Waals surface area contributed by atoms with Crippen LogP contribution in [0.1, 0.15) is 44.7 Å². The molecule has 24 heavy (non-hydrogen) atoms. The van der Waals surface area contributed by atoms with Gasteiger partial charge in [-0.3, -0.25) is 4.79 Å². The molecule has 0 N–H and O–H groups in total. The standard InChI is InChI=1S/C16H16F3N3OS/c1-10-20-21-14(24-10)11-5-4-8-22(9-11)15(23)12-6-2-3-7-13(12)16(17,18)19/h2-3,6-7,11H,4-5,8-9H2,1H3/t11-/m0/s1. The molecule has 1 saturated heterocycles. The van der Waals surface area contributed by atoms with Crippen LogP contribution >= 0.6 is 11.3 Å². The summed E-state index contributed by atoms with van der Waals surface area (Å²) in [5.74, 6) is -0.541. The first-order chi connectivity index (χ1) is 11.4. The molecule has 1 aliphatic rings. The first kappa shape index (κ1) is 16.9. The van der Waals surface area contributed by atoms with E-state index in [2.05, 4.69) is 10.2 Å².